The third kappa shape index (κ3) is 4.93. The Kier molecular flexibility index (Phi) is 6.50. The van der Waals surface area contributed by atoms with Crippen LogP contribution in [0.25, 0.3) is 27.7 Å². The van der Waals surface area contributed by atoms with Gasteiger partial charge in [-0.15, -0.1) is 0 Å². The van der Waals surface area contributed by atoms with Crippen LogP contribution in [0.1, 0.15) is 25.0 Å². The van der Waals surface area contributed by atoms with E-state index < -0.39 is 0 Å². The molecule has 4 rings (SSSR count). The minimum absolute atomic E-state index is 0.217. The summed E-state index contributed by atoms with van der Waals surface area (Å²) < 4.78 is 16.9. The van der Waals surface area contributed by atoms with Crippen LogP contribution < -0.4 is 14.8 Å². The van der Waals surface area contributed by atoms with Crippen molar-refractivity contribution in [2.45, 2.75) is 20.8 Å². The van der Waals surface area contributed by atoms with E-state index in [0.29, 0.717) is 18.0 Å². The van der Waals surface area contributed by atoms with Crippen LogP contribution in [-0.2, 0) is 4.79 Å². The average Bonchev–Trinajstić information content (AvgIpc) is 3.22. The summed E-state index contributed by atoms with van der Waals surface area (Å²) >= 11 is 0. The highest BCUT2D eigenvalue weighted by Crippen LogP contribution is 2.37. The van der Waals surface area contributed by atoms with Crippen LogP contribution in [0.3, 0.4) is 0 Å². The minimum Gasteiger partial charge on any atom is -0.497 e. The van der Waals surface area contributed by atoms with Crippen molar-refractivity contribution in [3.63, 3.8) is 0 Å². The molecular weight excluding hydrogens is 414 g/mol. The average molecular weight is 442 g/mol. The van der Waals surface area contributed by atoms with Gasteiger partial charge in [-0.25, -0.2) is 0 Å². The van der Waals surface area contributed by atoms with Crippen LogP contribution in [0.5, 0.6) is 11.5 Å². The van der Waals surface area contributed by atoms with Gasteiger partial charge < -0.3 is 19.2 Å². The Labute approximate surface area is 193 Å². The van der Waals surface area contributed by atoms with Crippen molar-refractivity contribution in [2.24, 2.45) is 0 Å². The highest BCUT2D eigenvalue weighted by molar-refractivity contribution is 6.05. The maximum absolute atomic E-state index is 12.7. The van der Waals surface area contributed by atoms with Gasteiger partial charge in [-0.3, -0.25) is 4.79 Å². The predicted octanol–water partition coefficient (Wildman–Crippen LogP) is 6.86. The fourth-order valence-electron chi connectivity index (χ4n) is 3.72. The first-order valence-corrected chi connectivity index (χ1v) is 10.9. The second kappa shape index (κ2) is 9.65. The van der Waals surface area contributed by atoms with Crippen LogP contribution in [0.15, 0.2) is 77.4 Å². The molecule has 0 bridgehead atoms. The van der Waals surface area contributed by atoms with Crippen LogP contribution in [0.2, 0.25) is 0 Å². The van der Waals surface area contributed by atoms with Crippen molar-refractivity contribution in [1.29, 1.82) is 0 Å². The Morgan fingerprint density at radius 2 is 1.79 bits per heavy atom. The maximum Gasteiger partial charge on any atom is 0.248 e. The van der Waals surface area contributed by atoms with Crippen LogP contribution >= 0.6 is 0 Å². The lowest BCUT2D eigenvalue weighted by Crippen LogP contribution is -2.08. The van der Waals surface area contributed by atoms with Gasteiger partial charge in [-0.2, -0.15) is 0 Å². The molecular formula is C28H27NO4. The summed E-state index contributed by atoms with van der Waals surface area (Å²) in [4.78, 5) is 12.7. The molecule has 1 aromatic heterocycles. The molecule has 5 nitrogen and oxygen atoms in total. The predicted molar refractivity (Wildman–Crippen MR) is 133 cm³/mol. The fraction of sp³-hybridized carbons (Fsp3) is 0.179. The number of carbonyl (C=O) groups is 1. The van der Waals surface area contributed by atoms with E-state index >= 15 is 0 Å². The van der Waals surface area contributed by atoms with Crippen LogP contribution in [-0.4, -0.2) is 19.6 Å². The molecule has 33 heavy (non-hydrogen) atoms. The van der Waals surface area contributed by atoms with Gasteiger partial charge in [0, 0.05) is 34.3 Å². The molecule has 0 aliphatic rings. The molecule has 0 aliphatic heterocycles. The van der Waals surface area contributed by atoms with Crippen molar-refractivity contribution in [3.05, 3.63) is 84.1 Å². The standard InChI is InChI=1S/C28H27NO4/c1-5-32-26-16-27-24(25(17-33-27)20-8-6-18(2)7-9-20)15-23(26)19(3)14-28(30)29-21-10-12-22(31-4)13-11-21/h6-17H,5H2,1-4H3,(H,29,30)/b19-14+. The number of hydrogen-bond donors (Lipinski definition) is 1. The van der Waals surface area contributed by atoms with Crippen LogP contribution in [0.4, 0.5) is 5.69 Å². The molecule has 5 heteroatoms. The van der Waals surface area contributed by atoms with Crippen molar-refractivity contribution >= 4 is 28.1 Å². The zero-order valence-electron chi connectivity index (χ0n) is 19.3. The first kappa shape index (κ1) is 22.2. The third-order valence-corrected chi connectivity index (χ3v) is 5.47. The van der Waals surface area contributed by atoms with Gasteiger partial charge in [0.1, 0.15) is 17.1 Å². The zero-order chi connectivity index (χ0) is 23.4. The Balaban J connectivity index is 1.69. The van der Waals surface area contributed by atoms with Crippen molar-refractivity contribution < 1.29 is 18.7 Å². The second-order valence-corrected chi connectivity index (χ2v) is 7.84. The molecule has 168 valence electrons. The van der Waals surface area contributed by atoms with E-state index in [1.54, 1.807) is 43.7 Å². The summed E-state index contributed by atoms with van der Waals surface area (Å²) in [5.41, 5.74) is 6.37. The van der Waals surface area contributed by atoms with E-state index in [-0.39, 0.29) is 5.91 Å². The number of allylic oxidation sites excluding steroid dienone is 1. The molecule has 0 spiro atoms. The largest absolute Gasteiger partial charge is 0.497 e. The topological polar surface area (TPSA) is 60.7 Å². The summed E-state index contributed by atoms with van der Waals surface area (Å²) in [7, 11) is 1.61. The fourth-order valence-corrected chi connectivity index (χ4v) is 3.72. The summed E-state index contributed by atoms with van der Waals surface area (Å²) in [5, 5.41) is 3.86. The highest BCUT2D eigenvalue weighted by Gasteiger charge is 2.15. The number of anilines is 1. The number of hydrogen-bond acceptors (Lipinski definition) is 4. The lowest BCUT2D eigenvalue weighted by atomic mass is 9.98. The smallest absolute Gasteiger partial charge is 0.248 e. The summed E-state index contributed by atoms with van der Waals surface area (Å²) in [6.45, 7) is 6.41. The number of amides is 1. The summed E-state index contributed by atoms with van der Waals surface area (Å²) in [6.07, 6.45) is 3.35. The van der Waals surface area contributed by atoms with Crippen molar-refractivity contribution in [1.82, 2.24) is 0 Å². The number of nitrogens with one attached hydrogen (secondary N) is 1. The number of furan rings is 1. The summed E-state index contributed by atoms with van der Waals surface area (Å²) in [6, 6.07) is 19.5. The Bertz CT molecular complexity index is 1300. The highest BCUT2D eigenvalue weighted by atomic mass is 16.5. The van der Waals surface area contributed by atoms with Gasteiger partial charge in [-0.05, 0) is 62.2 Å². The molecule has 0 atom stereocenters. The number of fused-ring (bicyclic) bond motifs is 1. The number of benzene rings is 3. The van der Waals surface area contributed by atoms with Gasteiger partial charge in [0.25, 0.3) is 0 Å². The first-order chi connectivity index (χ1) is 16.0. The molecule has 0 saturated carbocycles. The van der Waals surface area contributed by atoms with E-state index in [9.17, 15) is 4.79 Å². The molecule has 1 amide bonds. The quantitative estimate of drug-likeness (QED) is 0.318. The van der Waals surface area contributed by atoms with E-state index in [0.717, 1.165) is 39.0 Å². The van der Waals surface area contributed by atoms with E-state index in [1.807, 2.05) is 26.0 Å². The van der Waals surface area contributed by atoms with E-state index in [4.69, 9.17) is 13.9 Å². The third-order valence-electron chi connectivity index (χ3n) is 5.47. The summed E-state index contributed by atoms with van der Waals surface area (Å²) in [5.74, 6) is 1.20. The van der Waals surface area contributed by atoms with Gasteiger partial charge in [0.2, 0.25) is 5.91 Å². The monoisotopic (exact) mass is 441 g/mol. The van der Waals surface area contributed by atoms with Crippen molar-refractivity contribution in [3.8, 4) is 22.6 Å². The molecule has 0 saturated heterocycles. The normalized spacial score (nSPS) is 11.5. The molecule has 0 fully saturated rings. The lowest BCUT2D eigenvalue weighted by Gasteiger charge is -2.12. The molecule has 4 aromatic rings. The molecule has 0 radical (unpaired) electrons. The number of carbonyl (C=O) groups excluding carboxylic acids is 1. The second-order valence-electron chi connectivity index (χ2n) is 7.84. The number of aryl methyl sites for hydroxylation is 1. The van der Waals surface area contributed by atoms with E-state index in [2.05, 4.69) is 36.5 Å². The number of ether oxygens (including phenoxy) is 2. The maximum atomic E-state index is 12.7. The molecule has 0 aliphatic carbocycles. The van der Waals surface area contributed by atoms with E-state index in [1.165, 1.54) is 5.56 Å². The Morgan fingerprint density at radius 3 is 2.45 bits per heavy atom. The number of methoxy groups -OCH3 is 1. The van der Waals surface area contributed by atoms with Gasteiger partial charge in [0.15, 0.2) is 0 Å². The van der Waals surface area contributed by atoms with Gasteiger partial charge in [0.05, 0.1) is 20.0 Å². The Hall–Kier alpha value is -3.99. The SMILES string of the molecule is CCOc1cc2occ(-c3ccc(C)cc3)c2cc1/C(C)=C/C(=O)Nc1ccc(OC)cc1. The lowest BCUT2D eigenvalue weighted by molar-refractivity contribution is -0.111. The van der Waals surface area contributed by atoms with Crippen molar-refractivity contribution in [2.75, 3.05) is 19.0 Å². The molecule has 1 heterocycles. The van der Waals surface area contributed by atoms with Gasteiger partial charge in [-0.1, -0.05) is 29.8 Å². The molecule has 1 N–H and O–H groups in total. The molecule has 3 aromatic carbocycles. The van der Waals surface area contributed by atoms with Crippen LogP contribution in [0, 0.1) is 6.92 Å². The van der Waals surface area contributed by atoms with Gasteiger partial charge >= 0.3 is 0 Å². The number of rotatable bonds is 7. The minimum atomic E-state index is -0.217. The Morgan fingerprint density at radius 1 is 1.06 bits per heavy atom. The zero-order valence-corrected chi connectivity index (χ0v) is 19.3. The molecule has 0 unspecified atom stereocenters. The first-order valence-electron chi connectivity index (χ1n) is 10.9.